The maximum atomic E-state index is 4.24. The van der Waals surface area contributed by atoms with Crippen molar-refractivity contribution >= 4 is 500 Å². The van der Waals surface area contributed by atoms with E-state index in [4.69, 9.17) is 0 Å². The van der Waals surface area contributed by atoms with Crippen molar-refractivity contribution in [1.29, 1.82) is 0 Å². The minimum Gasteiger partial charge on any atom is -0.0774 e. The second-order valence-corrected chi connectivity index (χ2v) is 155. The summed E-state index contributed by atoms with van der Waals surface area (Å²) in [5.74, 6) is 0. The summed E-state index contributed by atoms with van der Waals surface area (Å²) in [6.45, 7) is 1.21. The molecule has 0 aliphatic carbocycles. The SMILES string of the molecule is P#P=P\P=P/P=P\P=P/P=P\P=P/P=P\P=P/P=P\P=P/P=P\P=P/P=P\P=P/P=P\P=P/P=P\P=P/P=P\P=P/P=P\P=P/P=P\P=P/P=P\P=P/P=P\P=P/P=P\P=P/P=P\P=P/P. The van der Waals surface area contributed by atoms with Gasteiger partial charge in [0.05, 0.1) is 0 Å². The van der Waals surface area contributed by atoms with Gasteiger partial charge in [-0.25, -0.2) is 0 Å². The predicted molar refractivity (Wildman–Crippen MR) is 460 cm³/mol. The van der Waals surface area contributed by atoms with Crippen molar-refractivity contribution in [2.24, 2.45) is 0 Å². The second-order valence-electron chi connectivity index (χ2n) is 5.75. The standard InChI is InChI=1S/H2P66/c1-3-5-7-9-11-13-15-17-19-21-23-25-27-29-31-33-35-37-39-41-43-45-47-49-51-53-55-57-59-61-63-65-66-64-62-60-58-56-54-52-50-48-46-44-42-40-38-36-34-32-30-28-26-24-22-20-18-16-14-12-10-8-6-4-2/h1H2. The smallest absolute Gasteiger partial charge is 0.0774 e. The van der Waals surface area contributed by atoms with E-state index < -0.39 is 0 Å². The number of rotatable bonds is 31. The van der Waals surface area contributed by atoms with Crippen LogP contribution in [-0.2, 0) is 0 Å². The van der Waals surface area contributed by atoms with Gasteiger partial charge >= 0.3 is 106 Å². The molecule has 0 aliphatic heterocycles. The molecule has 0 fully saturated rings. The van der Waals surface area contributed by atoms with E-state index in [2.05, 4.69) is 17.3 Å². The van der Waals surface area contributed by atoms with Crippen molar-refractivity contribution in [2.45, 2.75) is 0 Å². The van der Waals surface area contributed by atoms with Crippen LogP contribution in [0, 0.1) is 0 Å². The van der Waals surface area contributed by atoms with Gasteiger partial charge in [0.2, 0.25) is 0 Å². The summed E-state index contributed by atoms with van der Waals surface area (Å²) in [6.07, 6.45) is 0. The fourth-order valence-electron chi connectivity index (χ4n) is 1.11. The molecule has 0 aromatic heterocycles. The quantitative estimate of drug-likeness (QED) is 0.0607. The molecular formula is H2P66. The van der Waals surface area contributed by atoms with Crippen molar-refractivity contribution in [2.75, 3.05) is 0 Å². The van der Waals surface area contributed by atoms with E-state index in [1.54, 1.807) is 446 Å². The molecule has 66 heteroatoms. The zero-order chi connectivity index (χ0) is 47.3. The molecule has 0 saturated heterocycles. The molecule has 0 rings (SSSR count). The Kier molecular flexibility index (Phi) is 111. The molecule has 0 N–H and O–H groups in total. The minimum absolute atomic E-state index is 1.21. The van der Waals surface area contributed by atoms with Crippen LogP contribution in [0.4, 0.5) is 0 Å². The molecule has 1 unspecified atom stereocenters. The van der Waals surface area contributed by atoms with Gasteiger partial charge in [-0.05, 0) is 68.0 Å². The van der Waals surface area contributed by atoms with Crippen LogP contribution in [0.15, 0.2) is 0 Å². The first-order chi connectivity index (χ1) is 32.9. The zero-order valence-electron chi connectivity index (χ0n) is 29.6. The van der Waals surface area contributed by atoms with Crippen LogP contribution in [0.5, 0.6) is 0 Å². The van der Waals surface area contributed by atoms with Crippen LogP contribution in [0.2, 0.25) is 0 Å². The average molecular weight is 2050 g/mol. The number of hydrogen-bond donors (Lipinski definition) is 0. The summed E-state index contributed by atoms with van der Waals surface area (Å²) in [4.78, 5) is 0. The molecule has 0 heterocycles. The van der Waals surface area contributed by atoms with E-state index in [0.717, 1.165) is 0 Å². The fourth-order valence-corrected chi connectivity index (χ4v) is 271. The fraction of sp³-hybridized carbons (Fsp3) is 0. The molecule has 332 valence electrons. The first kappa shape index (κ1) is 86.2. The van der Waals surface area contributed by atoms with Crippen molar-refractivity contribution < 1.29 is 0 Å². The Morgan fingerprint density at radius 1 is 0.121 bits per heavy atom. The first-order valence-electron chi connectivity index (χ1n) is 13.1. The summed E-state index contributed by atoms with van der Waals surface area (Å²) in [5, 5.41) is 0. The van der Waals surface area contributed by atoms with Gasteiger partial charge in [-0.1, -0.05) is 8.93 Å². The molecule has 0 aliphatic rings. The van der Waals surface area contributed by atoms with Crippen LogP contribution < -0.4 is 0 Å². The minimum atomic E-state index is 1.21. The van der Waals surface area contributed by atoms with E-state index in [-0.39, 0.29) is 0 Å². The molecule has 0 amide bonds. The van der Waals surface area contributed by atoms with Crippen molar-refractivity contribution in [3.8, 4) is 0 Å². The van der Waals surface area contributed by atoms with Crippen LogP contribution in [-0.4, -0.2) is 0 Å². The Bertz CT molecular complexity index is 2320. The molecule has 66 heavy (non-hydrogen) atoms. The molecule has 0 aromatic rings. The molecule has 0 saturated carbocycles. The third-order valence-electron chi connectivity index (χ3n) is 2.53. The summed E-state index contributed by atoms with van der Waals surface area (Å²) in [5.41, 5.74) is 0. The average Bonchev–Trinajstić information content (AvgIpc) is 3.33. The van der Waals surface area contributed by atoms with E-state index >= 15 is 0 Å². The van der Waals surface area contributed by atoms with Gasteiger partial charge in [-0.3, -0.25) is 0 Å². The molecule has 1 atom stereocenters. The monoisotopic (exact) mass is 2050 g/mol. The summed E-state index contributed by atoms with van der Waals surface area (Å²) >= 11 is 0. The third kappa shape index (κ3) is 84.2. The predicted octanol–water partition coefficient (Wildman–Crippen LogP) is 56.3. The normalized spacial score (nSPS) is 15.5. The number of hydrogen-bond acceptors (Lipinski definition) is 0. The molecule has 0 nitrogen and oxygen atoms in total. The van der Waals surface area contributed by atoms with Gasteiger partial charge in [-0.15, -0.1) is 0 Å². The van der Waals surface area contributed by atoms with Crippen molar-refractivity contribution in [3.63, 3.8) is 0 Å². The van der Waals surface area contributed by atoms with Crippen molar-refractivity contribution in [3.05, 3.63) is 0 Å². The van der Waals surface area contributed by atoms with Gasteiger partial charge in [0.1, 0.15) is 0 Å². The molecule has 0 bridgehead atoms. The summed E-state index contributed by atoms with van der Waals surface area (Å²) in [6, 6.07) is 0. The summed E-state index contributed by atoms with van der Waals surface area (Å²) < 4.78 is 0. The topological polar surface area (TPSA) is 0 Å². The Balaban J connectivity index is 4.09. The molecule has 0 spiro atoms. The zero-order valence-corrected chi connectivity index (χ0v) is 88.9. The van der Waals surface area contributed by atoms with Crippen LogP contribution in [0.25, 0.3) is 0 Å². The van der Waals surface area contributed by atoms with E-state index in [1.165, 1.54) is 37.2 Å². The Morgan fingerprint density at radius 2 is 0.197 bits per heavy atom. The van der Waals surface area contributed by atoms with E-state index in [9.17, 15) is 0 Å². The Hall–Kier alpha value is 20.2. The van der Waals surface area contributed by atoms with Gasteiger partial charge in [0.15, 0.2) is 0 Å². The van der Waals surface area contributed by atoms with Crippen molar-refractivity contribution in [1.82, 2.24) is 0 Å². The maximum absolute atomic E-state index is 4.24. The van der Waals surface area contributed by atoms with Gasteiger partial charge < -0.3 is 0 Å². The van der Waals surface area contributed by atoms with E-state index in [0.29, 0.717) is 0 Å². The Morgan fingerprint density at radius 3 is 0.273 bits per heavy atom. The molecule has 0 radical (unpaired) electrons. The van der Waals surface area contributed by atoms with Gasteiger partial charge in [0.25, 0.3) is 0 Å². The second kappa shape index (κ2) is 85.2. The van der Waals surface area contributed by atoms with Gasteiger partial charge in [0, 0.05) is 317 Å². The molecule has 0 aromatic carbocycles. The van der Waals surface area contributed by atoms with E-state index in [1.807, 2.05) is 0 Å². The molecular weight excluding hydrogens is 2040 g/mol. The van der Waals surface area contributed by atoms with Gasteiger partial charge in [-0.2, -0.15) is 0 Å². The van der Waals surface area contributed by atoms with Crippen LogP contribution in [0.3, 0.4) is 0 Å². The first-order valence-corrected chi connectivity index (χ1v) is 118. The van der Waals surface area contributed by atoms with Crippen LogP contribution in [0.1, 0.15) is 0 Å². The van der Waals surface area contributed by atoms with Crippen LogP contribution >= 0.6 is 500 Å². The Labute approximate surface area is 492 Å². The summed E-state index contributed by atoms with van der Waals surface area (Å²) in [7, 11) is 107. The third-order valence-corrected chi connectivity index (χ3v) is 205.